The van der Waals surface area contributed by atoms with E-state index in [4.69, 9.17) is 17.9 Å². The van der Waals surface area contributed by atoms with E-state index in [9.17, 15) is 4.79 Å². The van der Waals surface area contributed by atoms with Gasteiger partial charge in [0.25, 0.3) is 0 Å². The first kappa shape index (κ1) is 19.8. The highest BCUT2D eigenvalue weighted by atomic mass is 16.5. The van der Waals surface area contributed by atoms with Crippen LogP contribution < -0.4 is 9.80 Å². The molecule has 32 heavy (non-hydrogen) atoms. The number of urea groups is 1. The molecule has 2 aliphatic rings. The van der Waals surface area contributed by atoms with Crippen LogP contribution in [0.1, 0.15) is 17.2 Å². The molecule has 0 aliphatic carbocycles. The molecule has 6 nitrogen and oxygen atoms in total. The molecule has 0 bridgehead atoms. The summed E-state index contributed by atoms with van der Waals surface area (Å²) >= 11 is 0. The van der Waals surface area contributed by atoms with E-state index in [2.05, 4.69) is 9.69 Å². The zero-order chi connectivity index (χ0) is 22.3. The van der Waals surface area contributed by atoms with Gasteiger partial charge in [-0.1, -0.05) is 54.1 Å². The normalized spacial score (nSPS) is 18.8. The van der Waals surface area contributed by atoms with Gasteiger partial charge in [0.1, 0.15) is 5.54 Å². The molecule has 0 N–H and O–H groups in total. The average Bonchev–Trinajstić information content (AvgIpc) is 3.09. The third-order valence-electron chi connectivity index (χ3n) is 6.18. The highest BCUT2D eigenvalue weighted by molar-refractivity contribution is 6.09. The predicted molar refractivity (Wildman–Crippen MR) is 123 cm³/mol. The van der Waals surface area contributed by atoms with Gasteiger partial charge in [0.2, 0.25) is 0 Å². The Kier molecular flexibility index (Phi) is 4.66. The SMILES string of the molecule is [C-]#[N+]c1ccc(N2C(=O)N(c3ccc(C)cc3)C3(COC3)[C@H]2c2cccc([N+]#[C-])c2)cc1. The number of carbonyl (C=O) groups excluding carboxylic acids is 1. The lowest BCUT2D eigenvalue weighted by molar-refractivity contribution is -0.0579. The van der Waals surface area contributed by atoms with Gasteiger partial charge in [0.15, 0.2) is 11.4 Å². The van der Waals surface area contributed by atoms with Crippen LogP contribution in [0, 0.1) is 20.1 Å². The Morgan fingerprint density at radius 1 is 0.906 bits per heavy atom. The van der Waals surface area contributed by atoms with Gasteiger partial charge in [-0.3, -0.25) is 9.80 Å². The number of amides is 2. The Morgan fingerprint density at radius 2 is 1.56 bits per heavy atom. The minimum Gasteiger partial charge on any atom is -0.376 e. The molecule has 3 aromatic rings. The molecule has 0 saturated carbocycles. The number of carbonyl (C=O) groups is 1. The minimum absolute atomic E-state index is 0.147. The molecule has 1 spiro atoms. The summed E-state index contributed by atoms with van der Waals surface area (Å²) in [6.45, 7) is 17.5. The van der Waals surface area contributed by atoms with Gasteiger partial charge in [-0.2, -0.15) is 0 Å². The summed E-state index contributed by atoms with van der Waals surface area (Å²) in [6, 6.07) is 21.9. The molecule has 5 rings (SSSR count). The maximum atomic E-state index is 14.0. The minimum atomic E-state index is -0.592. The van der Waals surface area contributed by atoms with Gasteiger partial charge >= 0.3 is 6.03 Å². The van der Waals surface area contributed by atoms with Crippen LogP contribution in [0.15, 0.2) is 72.8 Å². The molecule has 2 saturated heterocycles. The molecule has 1 atom stereocenters. The van der Waals surface area contributed by atoms with Crippen molar-refractivity contribution in [1.82, 2.24) is 0 Å². The molecule has 0 aromatic heterocycles. The van der Waals surface area contributed by atoms with Gasteiger partial charge in [-0.15, -0.1) is 0 Å². The predicted octanol–water partition coefficient (Wildman–Crippen LogP) is 6.05. The van der Waals surface area contributed by atoms with Gasteiger partial charge in [0.05, 0.1) is 32.4 Å². The fourth-order valence-electron chi connectivity index (χ4n) is 4.60. The third-order valence-corrected chi connectivity index (χ3v) is 6.18. The van der Waals surface area contributed by atoms with Crippen molar-refractivity contribution in [1.29, 1.82) is 0 Å². The highest BCUT2D eigenvalue weighted by Gasteiger charge is 2.62. The Labute approximate surface area is 186 Å². The van der Waals surface area contributed by atoms with Crippen molar-refractivity contribution >= 4 is 28.8 Å². The zero-order valence-corrected chi connectivity index (χ0v) is 17.5. The van der Waals surface area contributed by atoms with Crippen molar-refractivity contribution in [2.45, 2.75) is 18.5 Å². The van der Waals surface area contributed by atoms with Crippen LogP contribution in [0.3, 0.4) is 0 Å². The lowest BCUT2D eigenvalue weighted by Gasteiger charge is -2.47. The van der Waals surface area contributed by atoms with Crippen molar-refractivity contribution in [3.05, 3.63) is 107 Å². The number of hydrogen-bond acceptors (Lipinski definition) is 2. The Hall–Kier alpha value is -4.13. The molecule has 156 valence electrons. The summed E-state index contributed by atoms with van der Waals surface area (Å²) < 4.78 is 5.69. The van der Waals surface area contributed by atoms with Crippen molar-refractivity contribution < 1.29 is 9.53 Å². The summed E-state index contributed by atoms with van der Waals surface area (Å²) in [6.07, 6.45) is 0. The zero-order valence-electron chi connectivity index (χ0n) is 17.5. The number of nitrogens with zero attached hydrogens (tertiary/aromatic N) is 4. The van der Waals surface area contributed by atoms with Crippen molar-refractivity contribution in [3.63, 3.8) is 0 Å². The van der Waals surface area contributed by atoms with Crippen LogP contribution in [0.25, 0.3) is 9.69 Å². The first-order valence-corrected chi connectivity index (χ1v) is 10.3. The first-order valence-electron chi connectivity index (χ1n) is 10.3. The maximum absolute atomic E-state index is 14.0. The van der Waals surface area contributed by atoms with E-state index in [0.717, 1.165) is 16.8 Å². The number of anilines is 2. The fourth-order valence-corrected chi connectivity index (χ4v) is 4.60. The molecule has 0 unspecified atom stereocenters. The smallest absolute Gasteiger partial charge is 0.330 e. The van der Waals surface area contributed by atoms with E-state index >= 15 is 0 Å². The summed E-state index contributed by atoms with van der Waals surface area (Å²) in [5, 5.41) is 0. The summed E-state index contributed by atoms with van der Waals surface area (Å²) in [7, 11) is 0. The summed E-state index contributed by atoms with van der Waals surface area (Å²) in [4.78, 5) is 24.6. The monoisotopic (exact) mass is 420 g/mol. The number of benzene rings is 3. The second kappa shape index (κ2) is 7.53. The number of rotatable bonds is 3. The second-order valence-electron chi connectivity index (χ2n) is 8.16. The Bertz CT molecular complexity index is 1260. The molecule has 2 fully saturated rings. The van der Waals surface area contributed by atoms with E-state index in [0.29, 0.717) is 30.3 Å². The second-order valence-corrected chi connectivity index (χ2v) is 8.16. The Morgan fingerprint density at radius 3 is 2.16 bits per heavy atom. The molecule has 2 aliphatic heterocycles. The third kappa shape index (κ3) is 2.93. The molecular formula is C26H20N4O2. The molecule has 6 heteroatoms. The van der Waals surface area contributed by atoms with Crippen LogP contribution in [0.5, 0.6) is 0 Å². The fraction of sp³-hybridized carbons (Fsp3) is 0.192. The molecule has 2 amide bonds. The lowest BCUT2D eigenvalue weighted by atomic mass is 9.82. The van der Waals surface area contributed by atoms with Crippen LogP contribution in [-0.2, 0) is 4.74 Å². The van der Waals surface area contributed by atoms with E-state index in [1.807, 2.05) is 66.4 Å². The quantitative estimate of drug-likeness (QED) is 0.484. The van der Waals surface area contributed by atoms with E-state index < -0.39 is 5.54 Å². The number of aryl methyl sites for hydroxylation is 1. The topological polar surface area (TPSA) is 41.5 Å². The van der Waals surface area contributed by atoms with Gasteiger partial charge in [-0.05, 0) is 36.8 Å². The summed E-state index contributed by atoms with van der Waals surface area (Å²) in [5.41, 5.74) is 3.99. The van der Waals surface area contributed by atoms with E-state index in [-0.39, 0.29) is 12.1 Å². The van der Waals surface area contributed by atoms with Crippen molar-refractivity contribution in [2.24, 2.45) is 0 Å². The van der Waals surface area contributed by atoms with E-state index in [1.165, 1.54) is 0 Å². The van der Waals surface area contributed by atoms with Crippen molar-refractivity contribution in [3.8, 4) is 0 Å². The summed E-state index contributed by atoms with van der Waals surface area (Å²) in [5.74, 6) is 0. The highest BCUT2D eigenvalue weighted by Crippen LogP contribution is 2.51. The molecule has 2 heterocycles. The largest absolute Gasteiger partial charge is 0.376 e. The van der Waals surface area contributed by atoms with Gasteiger partial charge < -0.3 is 4.74 Å². The number of ether oxygens (including phenoxy) is 1. The van der Waals surface area contributed by atoms with Gasteiger partial charge in [-0.25, -0.2) is 14.5 Å². The first-order chi connectivity index (χ1) is 15.6. The Balaban J connectivity index is 1.70. The molecule has 0 radical (unpaired) electrons. The van der Waals surface area contributed by atoms with Crippen LogP contribution in [0.2, 0.25) is 0 Å². The van der Waals surface area contributed by atoms with Gasteiger partial charge in [0, 0.05) is 11.4 Å². The molecule has 3 aromatic carbocycles. The standard InChI is InChI=1S/C26H20N4O2/c1-18-7-11-23(12-8-18)30-25(31)29(22-13-9-20(27-2)10-14-22)24(26(30)16-32-17-26)19-5-4-6-21(15-19)28-3/h4-15,24H,16-17H2,1H3/t24-/m1/s1. The number of hydrogen-bond donors (Lipinski definition) is 0. The molecular weight excluding hydrogens is 400 g/mol. The van der Waals surface area contributed by atoms with E-state index in [1.54, 1.807) is 23.1 Å². The van der Waals surface area contributed by atoms with Crippen LogP contribution >= 0.6 is 0 Å². The maximum Gasteiger partial charge on any atom is 0.330 e. The van der Waals surface area contributed by atoms with Crippen molar-refractivity contribution in [2.75, 3.05) is 23.0 Å². The van der Waals surface area contributed by atoms with Crippen LogP contribution in [0.4, 0.5) is 27.5 Å². The average molecular weight is 420 g/mol. The van der Waals surface area contributed by atoms with Crippen LogP contribution in [-0.4, -0.2) is 24.8 Å². The lowest BCUT2D eigenvalue weighted by Crippen LogP contribution is -2.62.